The molecule has 140 valence electrons. The van der Waals surface area contributed by atoms with Crippen LogP contribution in [-0.2, 0) is 5.41 Å². The summed E-state index contributed by atoms with van der Waals surface area (Å²) in [5, 5.41) is 4.35. The molecule has 1 aromatic heterocycles. The number of rotatable bonds is 1. The van der Waals surface area contributed by atoms with Crippen LogP contribution in [0.5, 0.6) is 0 Å². The highest BCUT2D eigenvalue weighted by molar-refractivity contribution is 8.00. The third-order valence-corrected chi connectivity index (χ3v) is 11.4. The van der Waals surface area contributed by atoms with Gasteiger partial charge in [-0.1, -0.05) is 60.7 Å². The fourth-order valence-electron chi connectivity index (χ4n) is 7.30. The van der Waals surface area contributed by atoms with Gasteiger partial charge in [0.1, 0.15) is 0 Å². The minimum Gasteiger partial charge on any atom is -0.144 e. The van der Waals surface area contributed by atoms with Gasteiger partial charge in [-0.05, 0) is 45.2 Å². The third-order valence-electron chi connectivity index (χ3n) is 8.11. The summed E-state index contributed by atoms with van der Waals surface area (Å²) in [6.07, 6.45) is 0. The van der Waals surface area contributed by atoms with Gasteiger partial charge in [0.2, 0.25) is 0 Å². The van der Waals surface area contributed by atoms with E-state index in [1.165, 1.54) is 31.7 Å². The molecular weight excluding hydrogens is 412 g/mol. The van der Waals surface area contributed by atoms with E-state index in [4.69, 9.17) is 11.6 Å². The number of hydrogen-bond donors (Lipinski definition) is 0. The van der Waals surface area contributed by atoms with Gasteiger partial charge in [-0.2, -0.15) is 0 Å². The van der Waals surface area contributed by atoms with E-state index >= 15 is 0 Å². The molecule has 2 fully saturated rings. The minimum absolute atomic E-state index is 0.0859. The van der Waals surface area contributed by atoms with E-state index in [9.17, 15) is 0 Å². The Morgan fingerprint density at radius 1 is 0.793 bits per heavy atom. The van der Waals surface area contributed by atoms with Crippen LogP contribution in [-0.4, -0.2) is 10.1 Å². The molecule has 2 saturated carbocycles. The van der Waals surface area contributed by atoms with Crippen molar-refractivity contribution in [2.75, 3.05) is 0 Å². The van der Waals surface area contributed by atoms with Gasteiger partial charge in [0.05, 0.1) is 4.87 Å². The highest BCUT2D eigenvalue weighted by Gasteiger charge is 2.92. The van der Waals surface area contributed by atoms with Gasteiger partial charge in [-0.15, -0.1) is 34.7 Å². The normalized spacial score (nSPS) is 37.3. The first-order chi connectivity index (χ1) is 14.3. The zero-order valence-corrected chi connectivity index (χ0v) is 17.9. The fraction of sp³-hybridized carbons (Fsp3) is 0.231. The number of alkyl halides is 1. The van der Waals surface area contributed by atoms with Crippen LogP contribution in [0.3, 0.4) is 0 Å². The van der Waals surface area contributed by atoms with E-state index in [1.54, 1.807) is 5.56 Å². The Bertz CT molecular complexity index is 1360. The van der Waals surface area contributed by atoms with E-state index in [1.807, 2.05) is 11.3 Å². The number of thioether (sulfide) groups is 1. The van der Waals surface area contributed by atoms with Gasteiger partial charge in [0.25, 0.3) is 0 Å². The lowest BCUT2D eigenvalue weighted by atomic mass is 9.69. The zero-order chi connectivity index (χ0) is 19.0. The molecular formula is C26H17ClS2. The largest absolute Gasteiger partial charge is 0.144 e. The minimum atomic E-state index is -0.208. The van der Waals surface area contributed by atoms with Gasteiger partial charge in [-0.25, -0.2) is 0 Å². The van der Waals surface area contributed by atoms with E-state index in [0.29, 0.717) is 23.0 Å². The highest BCUT2D eigenvalue weighted by Crippen LogP contribution is 2.93. The smallest absolute Gasteiger partial charge is 0.0713 e. The molecule has 3 heteroatoms. The molecule has 5 aliphatic rings. The topological polar surface area (TPSA) is 0 Å². The molecule has 6 atom stereocenters. The van der Waals surface area contributed by atoms with Crippen molar-refractivity contribution in [3.63, 3.8) is 0 Å². The average Bonchev–Trinajstić information content (AvgIpc) is 3.06. The van der Waals surface area contributed by atoms with E-state index in [0.717, 1.165) is 0 Å². The Morgan fingerprint density at radius 2 is 1.55 bits per heavy atom. The average molecular weight is 429 g/mol. The van der Waals surface area contributed by atoms with Crippen LogP contribution in [0.2, 0.25) is 0 Å². The van der Waals surface area contributed by atoms with Crippen molar-refractivity contribution in [1.82, 2.24) is 0 Å². The molecule has 0 nitrogen and oxygen atoms in total. The lowest BCUT2D eigenvalue weighted by Gasteiger charge is -2.38. The fourth-order valence-corrected chi connectivity index (χ4v) is 11.1. The van der Waals surface area contributed by atoms with Crippen LogP contribution in [0, 0.1) is 0 Å². The quantitative estimate of drug-likeness (QED) is 0.287. The van der Waals surface area contributed by atoms with E-state index in [2.05, 4.69) is 89.9 Å². The summed E-state index contributed by atoms with van der Waals surface area (Å²) >= 11 is 11.8. The molecule has 1 spiro atoms. The maximum Gasteiger partial charge on any atom is 0.0713 e. The van der Waals surface area contributed by atoms with E-state index in [-0.39, 0.29) is 10.3 Å². The summed E-state index contributed by atoms with van der Waals surface area (Å²) in [4.78, 5) is 1.25. The summed E-state index contributed by atoms with van der Waals surface area (Å²) in [6, 6.07) is 27.1. The Kier molecular flexibility index (Phi) is 2.73. The Hall–Kier alpha value is -1.74. The van der Waals surface area contributed by atoms with Crippen LogP contribution in [0.4, 0.5) is 0 Å². The molecule has 2 unspecified atom stereocenters. The van der Waals surface area contributed by atoms with Crippen LogP contribution < -0.4 is 0 Å². The second kappa shape index (κ2) is 4.94. The molecule has 0 amide bonds. The second-order valence-corrected chi connectivity index (χ2v) is 11.6. The molecule has 4 aliphatic carbocycles. The second-order valence-electron chi connectivity index (χ2n) is 8.92. The molecule has 3 aromatic carbocycles. The first-order valence-corrected chi connectivity index (χ1v) is 12.4. The Morgan fingerprint density at radius 3 is 2.48 bits per heavy atom. The summed E-state index contributed by atoms with van der Waals surface area (Å²) in [5.74, 6) is 1.28. The molecule has 4 aromatic rings. The van der Waals surface area contributed by atoms with Crippen LogP contribution in [0.1, 0.15) is 40.0 Å². The third kappa shape index (κ3) is 1.51. The monoisotopic (exact) mass is 428 g/mol. The highest BCUT2D eigenvalue weighted by atomic mass is 35.5. The number of halogens is 1. The van der Waals surface area contributed by atoms with Crippen LogP contribution in [0.25, 0.3) is 10.1 Å². The maximum absolute atomic E-state index is 7.83. The molecule has 1 aliphatic heterocycles. The summed E-state index contributed by atoms with van der Waals surface area (Å²) in [5.41, 5.74) is 6.14. The van der Waals surface area contributed by atoms with Crippen LogP contribution in [0.15, 0.2) is 83.1 Å². The van der Waals surface area contributed by atoms with Gasteiger partial charge in [0, 0.05) is 38.0 Å². The predicted molar refractivity (Wildman–Crippen MR) is 123 cm³/mol. The van der Waals surface area contributed by atoms with Crippen molar-refractivity contribution < 1.29 is 0 Å². The number of fused-ring (bicyclic) bond motifs is 2. The lowest BCUT2D eigenvalue weighted by molar-refractivity contribution is 0.493. The molecule has 0 N–H and O–H groups in total. The molecule has 2 heterocycles. The maximum atomic E-state index is 7.83. The Labute approximate surface area is 182 Å². The van der Waals surface area contributed by atoms with Gasteiger partial charge in [0.15, 0.2) is 0 Å². The first kappa shape index (κ1) is 16.0. The molecule has 29 heavy (non-hydrogen) atoms. The summed E-state index contributed by atoms with van der Waals surface area (Å²) in [6.45, 7) is 0. The molecule has 4 bridgehead atoms. The molecule has 0 saturated heterocycles. The Balaban J connectivity index is 1.46. The van der Waals surface area contributed by atoms with Crippen molar-refractivity contribution >= 4 is 44.8 Å². The SMILES string of the molecule is ClC12C3c4ccccc4[C@H]([C@@H]1c1csc4ccccc14)[C@@H]1Sc4ccccc4[C@@]312. The van der Waals surface area contributed by atoms with Crippen molar-refractivity contribution in [3.05, 3.63) is 100 Å². The summed E-state index contributed by atoms with van der Waals surface area (Å²) in [7, 11) is 0. The molecule has 0 radical (unpaired) electrons. The van der Waals surface area contributed by atoms with Crippen molar-refractivity contribution in [2.24, 2.45) is 0 Å². The van der Waals surface area contributed by atoms with Crippen LogP contribution >= 0.6 is 34.7 Å². The van der Waals surface area contributed by atoms with Crippen molar-refractivity contribution in [3.8, 4) is 0 Å². The first-order valence-electron chi connectivity index (χ1n) is 10.3. The number of hydrogen-bond acceptors (Lipinski definition) is 2. The predicted octanol–water partition coefficient (Wildman–Crippen LogP) is 7.28. The standard InChI is InChI=1S/C26H17ClS2/c27-26-22(17-13-28-19-11-5-3-7-14(17)19)21-15-8-1-2-9-16(15)23(26)25(26)18-10-4-6-12-20(18)29-24(21)25/h1-13,21-24H/t21-,22+,23?,24+,25-,26?/m1/s1. The van der Waals surface area contributed by atoms with Crippen molar-refractivity contribution in [2.45, 2.75) is 38.2 Å². The van der Waals surface area contributed by atoms with E-state index < -0.39 is 0 Å². The number of benzene rings is 3. The summed E-state index contributed by atoms with van der Waals surface area (Å²) < 4.78 is 1.38. The lowest BCUT2D eigenvalue weighted by Crippen LogP contribution is -2.31. The van der Waals surface area contributed by atoms with Gasteiger partial charge >= 0.3 is 0 Å². The van der Waals surface area contributed by atoms with Gasteiger partial charge in [-0.3, -0.25) is 0 Å². The van der Waals surface area contributed by atoms with Gasteiger partial charge < -0.3 is 0 Å². The van der Waals surface area contributed by atoms with Crippen molar-refractivity contribution in [1.29, 1.82) is 0 Å². The molecule has 9 rings (SSSR count). The zero-order valence-electron chi connectivity index (χ0n) is 15.5. The number of thiophene rings is 1.